The van der Waals surface area contributed by atoms with Crippen LogP contribution in [0.1, 0.15) is 11.4 Å². The molecule has 2 heterocycles. The van der Waals surface area contributed by atoms with Crippen molar-refractivity contribution < 1.29 is 0 Å². The average Bonchev–Trinajstić information content (AvgIpc) is 2.77. The monoisotopic (exact) mass is 305 g/mol. The second kappa shape index (κ2) is 5.81. The standard InChI is InChI=1S/C15H13Cl2N3/c16-6-5-15-19-13-8-12(17)3-4-14(13)20(15)10-11-2-1-7-18-9-11/h1-4,7-9H,5-6,10H2. The van der Waals surface area contributed by atoms with Crippen LogP contribution >= 0.6 is 23.2 Å². The SMILES string of the molecule is ClCCc1nc2cc(Cl)ccc2n1Cc1cccnc1. The molecule has 0 bridgehead atoms. The lowest BCUT2D eigenvalue weighted by molar-refractivity contribution is 0.752. The number of rotatable bonds is 4. The number of aryl methyl sites for hydroxylation is 1. The fourth-order valence-electron chi connectivity index (χ4n) is 2.28. The Bertz CT molecular complexity index is 723. The van der Waals surface area contributed by atoms with E-state index in [0.717, 1.165) is 35.4 Å². The molecule has 3 aromatic rings. The molecule has 2 aromatic heterocycles. The van der Waals surface area contributed by atoms with E-state index >= 15 is 0 Å². The predicted molar refractivity (Wildman–Crippen MR) is 82.5 cm³/mol. The van der Waals surface area contributed by atoms with Gasteiger partial charge >= 0.3 is 0 Å². The van der Waals surface area contributed by atoms with Crippen molar-refractivity contribution in [3.05, 3.63) is 59.1 Å². The van der Waals surface area contributed by atoms with Crippen molar-refractivity contribution in [2.75, 3.05) is 5.88 Å². The largest absolute Gasteiger partial charge is 0.323 e. The first kappa shape index (κ1) is 13.4. The number of fused-ring (bicyclic) bond motifs is 1. The molecule has 20 heavy (non-hydrogen) atoms. The summed E-state index contributed by atoms with van der Waals surface area (Å²) in [6.45, 7) is 0.734. The van der Waals surface area contributed by atoms with Gasteiger partial charge in [0.1, 0.15) is 5.82 Å². The second-order valence-electron chi connectivity index (χ2n) is 4.55. The molecule has 0 N–H and O–H groups in total. The predicted octanol–water partition coefficient (Wildman–Crippen LogP) is 3.91. The van der Waals surface area contributed by atoms with Gasteiger partial charge < -0.3 is 4.57 Å². The van der Waals surface area contributed by atoms with Crippen molar-refractivity contribution >= 4 is 34.2 Å². The summed E-state index contributed by atoms with van der Waals surface area (Å²) in [6.07, 6.45) is 4.37. The van der Waals surface area contributed by atoms with Crippen LogP contribution in [0.15, 0.2) is 42.7 Å². The van der Waals surface area contributed by atoms with Crippen LogP contribution in [-0.4, -0.2) is 20.4 Å². The molecule has 0 saturated carbocycles. The fourth-order valence-corrected chi connectivity index (χ4v) is 2.61. The van der Waals surface area contributed by atoms with E-state index in [-0.39, 0.29) is 0 Å². The number of benzene rings is 1. The minimum Gasteiger partial charge on any atom is -0.323 e. The van der Waals surface area contributed by atoms with Gasteiger partial charge in [-0.1, -0.05) is 17.7 Å². The first-order chi connectivity index (χ1) is 9.78. The minimum atomic E-state index is 0.546. The van der Waals surface area contributed by atoms with Crippen LogP contribution in [0, 0.1) is 0 Å². The molecule has 0 unspecified atom stereocenters. The van der Waals surface area contributed by atoms with E-state index in [1.807, 2.05) is 30.5 Å². The number of halogens is 2. The Morgan fingerprint density at radius 3 is 2.85 bits per heavy atom. The summed E-state index contributed by atoms with van der Waals surface area (Å²) in [5.41, 5.74) is 3.11. The van der Waals surface area contributed by atoms with Crippen molar-refractivity contribution in [1.29, 1.82) is 0 Å². The van der Waals surface area contributed by atoms with Gasteiger partial charge in [0.25, 0.3) is 0 Å². The molecule has 0 radical (unpaired) electrons. The van der Waals surface area contributed by atoms with Gasteiger partial charge in [0.2, 0.25) is 0 Å². The number of hydrogen-bond acceptors (Lipinski definition) is 2. The topological polar surface area (TPSA) is 30.7 Å². The van der Waals surface area contributed by atoms with Crippen LogP contribution in [0.2, 0.25) is 5.02 Å². The fraction of sp³-hybridized carbons (Fsp3) is 0.200. The van der Waals surface area contributed by atoms with Crippen molar-refractivity contribution in [3.8, 4) is 0 Å². The Labute approximate surface area is 127 Å². The zero-order valence-electron chi connectivity index (χ0n) is 10.8. The molecule has 0 aliphatic carbocycles. The van der Waals surface area contributed by atoms with E-state index < -0.39 is 0 Å². The summed E-state index contributed by atoms with van der Waals surface area (Å²) < 4.78 is 2.17. The van der Waals surface area contributed by atoms with E-state index in [0.29, 0.717) is 10.9 Å². The molecule has 0 aliphatic heterocycles. The lowest BCUT2D eigenvalue weighted by Gasteiger charge is -2.08. The summed E-state index contributed by atoms with van der Waals surface area (Å²) in [4.78, 5) is 8.79. The second-order valence-corrected chi connectivity index (χ2v) is 5.36. The first-order valence-electron chi connectivity index (χ1n) is 6.37. The lowest BCUT2D eigenvalue weighted by Crippen LogP contribution is -2.06. The Kier molecular flexibility index (Phi) is 3.90. The third-order valence-electron chi connectivity index (χ3n) is 3.17. The number of aromatic nitrogens is 3. The third-order valence-corrected chi connectivity index (χ3v) is 3.59. The molecule has 102 valence electrons. The normalized spacial score (nSPS) is 11.1. The molecule has 0 aliphatic rings. The molecule has 0 amide bonds. The van der Waals surface area contributed by atoms with Crippen LogP contribution in [0.25, 0.3) is 11.0 Å². The van der Waals surface area contributed by atoms with Gasteiger partial charge in [-0.25, -0.2) is 4.98 Å². The molecule has 1 aromatic carbocycles. The van der Waals surface area contributed by atoms with Gasteiger partial charge in [0.15, 0.2) is 0 Å². The van der Waals surface area contributed by atoms with Gasteiger partial charge in [-0.05, 0) is 29.8 Å². The van der Waals surface area contributed by atoms with Crippen LogP contribution in [0.4, 0.5) is 0 Å². The van der Waals surface area contributed by atoms with Gasteiger partial charge in [0, 0.05) is 29.7 Å². The molecule has 0 spiro atoms. The number of nitrogens with zero attached hydrogens (tertiary/aromatic N) is 3. The number of hydrogen-bond donors (Lipinski definition) is 0. The number of pyridine rings is 1. The van der Waals surface area contributed by atoms with Crippen molar-refractivity contribution in [1.82, 2.24) is 14.5 Å². The smallest absolute Gasteiger partial charge is 0.111 e. The number of alkyl halides is 1. The Morgan fingerprint density at radius 1 is 1.20 bits per heavy atom. The highest BCUT2D eigenvalue weighted by Gasteiger charge is 2.11. The summed E-state index contributed by atoms with van der Waals surface area (Å²) in [5, 5.41) is 0.695. The van der Waals surface area contributed by atoms with Gasteiger partial charge in [0.05, 0.1) is 17.6 Å². The van der Waals surface area contributed by atoms with Crippen molar-refractivity contribution in [2.45, 2.75) is 13.0 Å². The van der Waals surface area contributed by atoms with E-state index in [4.69, 9.17) is 23.2 Å². The molecular weight excluding hydrogens is 293 g/mol. The van der Waals surface area contributed by atoms with E-state index in [2.05, 4.69) is 20.6 Å². The maximum absolute atomic E-state index is 6.03. The Morgan fingerprint density at radius 2 is 2.10 bits per heavy atom. The summed E-state index contributed by atoms with van der Waals surface area (Å²) in [7, 11) is 0. The average molecular weight is 306 g/mol. The van der Waals surface area contributed by atoms with Crippen LogP contribution in [0.3, 0.4) is 0 Å². The van der Waals surface area contributed by atoms with Crippen molar-refractivity contribution in [3.63, 3.8) is 0 Å². The summed E-state index contributed by atoms with van der Waals surface area (Å²) >= 11 is 11.9. The van der Waals surface area contributed by atoms with Crippen LogP contribution < -0.4 is 0 Å². The van der Waals surface area contributed by atoms with Gasteiger partial charge in [-0.3, -0.25) is 4.98 Å². The molecule has 0 saturated heterocycles. The minimum absolute atomic E-state index is 0.546. The van der Waals surface area contributed by atoms with Gasteiger partial charge in [-0.2, -0.15) is 0 Å². The number of imidazole rings is 1. The highest BCUT2D eigenvalue weighted by atomic mass is 35.5. The first-order valence-corrected chi connectivity index (χ1v) is 7.28. The van der Waals surface area contributed by atoms with E-state index in [9.17, 15) is 0 Å². The highest BCUT2D eigenvalue weighted by Crippen LogP contribution is 2.22. The third kappa shape index (κ3) is 2.65. The zero-order valence-corrected chi connectivity index (χ0v) is 12.3. The molecule has 0 atom stereocenters. The Balaban J connectivity index is 2.09. The highest BCUT2D eigenvalue weighted by molar-refractivity contribution is 6.31. The maximum atomic E-state index is 6.03. The molecule has 5 heteroatoms. The summed E-state index contributed by atoms with van der Waals surface area (Å²) in [6, 6.07) is 9.76. The zero-order chi connectivity index (χ0) is 13.9. The quantitative estimate of drug-likeness (QED) is 0.684. The van der Waals surface area contributed by atoms with Gasteiger partial charge in [-0.15, -0.1) is 11.6 Å². The van der Waals surface area contributed by atoms with Crippen LogP contribution in [0.5, 0.6) is 0 Å². The lowest BCUT2D eigenvalue weighted by atomic mass is 10.2. The molecular formula is C15H13Cl2N3. The Hall–Kier alpha value is -1.58. The van der Waals surface area contributed by atoms with E-state index in [1.54, 1.807) is 6.20 Å². The summed E-state index contributed by atoms with van der Waals surface area (Å²) in [5.74, 6) is 1.52. The molecule has 3 nitrogen and oxygen atoms in total. The molecule has 0 fully saturated rings. The van der Waals surface area contributed by atoms with Crippen molar-refractivity contribution in [2.24, 2.45) is 0 Å². The van der Waals surface area contributed by atoms with E-state index in [1.165, 1.54) is 0 Å². The maximum Gasteiger partial charge on any atom is 0.111 e. The molecule has 3 rings (SSSR count). The van der Waals surface area contributed by atoms with Crippen LogP contribution in [-0.2, 0) is 13.0 Å².